The number of nitrogen functional groups attached to an aromatic ring is 1. The molecule has 0 aliphatic heterocycles. The van der Waals surface area contributed by atoms with Gasteiger partial charge in [0, 0.05) is 5.69 Å². The Morgan fingerprint density at radius 1 is 0.968 bits per heavy atom. The molecule has 2 heterocycles. The fourth-order valence-corrected chi connectivity index (χ4v) is 3.68. The molecule has 5 rings (SSSR count). The Morgan fingerprint density at radius 2 is 1.71 bits per heavy atom. The number of aryl methyl sites for hydroxylation is 1. The number of hydrogen-bond donors (Lipinski definition) is 2. The topological polar surface area (TPSA) is 85.8 Å². The number of nitrogens with one attached hydrogen (secondary N) is 1. The van der Waals surface area contributed by atoms with E-state index in [1.165, 1.54) is 12.1 Å². The number of carbonyl (C=O) groups excluding carboxylic acids is 1. The zero-order valence-electron chi connectivity index (χ0n) is 16.6. The molecular weight excluding hydrogens is 393 g/mol. The van der Waals surface area contributed by atoms with E-state index in [-0.39, 0.29) is 11.4 Å². The first-order valence-electron chi connectivity index (χ1n) is 9.72. The Labute approximate surface area is 177 Å². The van der Waals surface area contributed by atoms with E-state index < -0.39 is 11.7 Å². The minimum absolute atomic E-state index is 0.140. The Kier molecular flexibility index (Phi) is 4.36. The number of carbonyl (C=O) groups is 1. The number of amides is 1. The second kappa shape index (κ2) is 7.21. The zero-order chi connectivity index (χ0) is 21.5. The lowest BCUT2D eigenvalue weighted by Crippen LogP contribution is -2.14. The minimum Gasteiger partial charge on any atom is -0.384 e. The molecule has 0 aliphatic rings. The molecule has 3 aromatic carbocycles. The van der Waals surface area contributed by atoms with Crippen LogP contribution < -0.4 is 11.1 Å². The summed E-state index contributed by atoms with van der Waals surface area (Å²) in [5, 5.41) is 2.88. The standard InChI is InChI=1S/C24H18FN5O/c1-14-6-4-8-16(12-14)27-24(31)20-21-23(29-19-11-3-2-10-18(19)28-21)30(22(20)26)17-9-5-7-15(25)13-17/h2-13H,26H2,1H3,(H,27,31). The number of nitrogens with zero attached hydrogens (tertiary/aromatic N) is 3. The van der Waals surface area contributed by atoms with Gasteiger partial charge in [-0.05, 0) is 55.0 Å². The van der Waals surface area contributed by atoms with Gasteiger partial charge in [-0.3, -0.25) is 9.36 Å². The van der Waals surface area contributed by atoms with Gasteiger partial charge in [-0.25, -0.2) is 14.4 Å². The minimum atomic E-state index is -0.418. The van der Waals surface area contributed by atoms with Crippen LogP contribution in [0.4, 0.5) is 15.9 Å². The lowest BCUT2D eigenvalue weighted by molar-refractivity contribution is 0.102. The molecule has 5 aromatic rings. The Balaban J connectivity index is 1.76. The van der Waals surface area contributed by atoms with E-state index in [9.17, 15) is 9.18 Å². The van der Waals surface area contributed by atoms with Gasteiger partial charge >= 0.3 is 0 Å². The fourth-order valence-electron chi connectivity index (χ4n) is 3.68. The van der Waals surface area contributed by atoms with Crippen LogP contribution in [0.5, 0.6) is 0 Å². The van der Waals surface area contributed by atoms with Gasteiger partial charge in [0.05, 0.1) is 16.7 Å². The second-order valence-corrected chi connectivity index (χ2v) is 7.28. The summed E-state index contributed by atoms with van der Waals surface area (Å²) < 4.78 is 15.5. The number of nitrogens with two attached hydrogens (primary N) is 1. The number of halogens is 1. The molecule has 0 unspecified atom stereocenters. The van der Waals surface area contributed by atoms with Gasteiger partial charge in [0.15, 0.2) is 5.65 Å². The van der Waals surface area contributed by atoms with E-state index >= 15 is 0 Å². The van der Waals surface area contributed by atoms with Crippen LogP contribution in [0.2, 0.25) is 0 Å². The average molecular weight is 411 g/mol. The van der Waals surface area contributed by atoms with Crippen LogP contribution in [0.1, 0.15) is 15.9 Å². The van der Waals surface area contributed by atoms with Crippen molar-refractivity contribution in [2.24, 2.45) is 0 Å². The SMILES string of the molecule is Cc1cccc(NC(=O)c2c(N)n(-c3cccc(F)c3)c3nc4ccccc4nc23)c1. The highest BCUT2D eigenvalue weighted by Gasteiger charge is 2.25. The third kappa shape index (κ3) is 3.26. The fraction of sp³-hybridized carbons (Fsp3) is 0.0417. The lowest BCUT2D eigenvalue weighted by Gasteiger charge is -2.08. The third-order valence-electron chi connectivity index (χ3n) is 5.07. The van der Waals surface area contributed by atoms with Crippen molar-refractivity contribution in [3.8, 4) is 5.69 Å². The summed E-state index contributed by atoms with van der Waals surface area (Å²) in [5.74, 6) is -0.688. The van der Waals surface area contributed by atoms with Gasteiger partial charge < -0.3 is 11.1 Å². The Bertz CT molecular complexity index is 1470. The van der Waals surface area contributed by atoms with E-state index in [1.54, 1.807) is 22.8 Å². The summed E-state index contributed by atoms with van der Waals surface area (Å²) in [5.41, 5.74) is 10.8. The van der Waals surface area contributed by atoms with Crippen molar-refractivity contribution in [3.05, 3.63) is 89.7 Å². The number of fused-ring (bicyclic) bond motifs is 2. The number of hydrogen-bond acceptors (Lipinski definition) is 4. The van der Waals surface area contributed by atoms with Crippen LogP contribution in [-0.4, -0.2) is 20.4 Å². The van der Waals surface area contributed by atoms with Gasteiger partial charge in [-0.15, -0.1) is 0 Å². The van der Waals surface area contributed by atoms with Gasteiger partial charge in [0.25, 0.3) is 5.91 Å². The first kappa shape index (κ1) is 18.7. The van der Waals surface area contributed by atoms with E-state index in [4.69, 9.17) is 5.73 Å². The predicted octanol–water partition coefficient (Wildman–Crippen LogP) is 4.86. The largest absolute Gasteiger partial charge is 0.384 e. The van der Waals surface area contributed by atoms with Crippen LogP contribution in [0, 0.1) is 12.7 Å². The molecule has 152 valence electrons. The smallest absolute Gasteiger partial charge is 0.261 e. The highest BCUT2D eigenvalue weighted by atomic mass is 19.1. The molecule has 2 aromatic heterocycles. The maximum atomic E-state index is 14.0. The third-order valence-corrected chi connectivity index (χ3v) is 5.07. The molecule has 31 heavy (non-hydrogen) atoms. The van der Waals surface area contributed by atoms with Crippen molar-refractivity contribution in [2.75, 3.05) is 11.1 Å². The molecule has 0 atom stereocenters. The summed E-state index contributed by atoms with van der Waals surface area (Å²) in [6, 6.07) is 20.8. The summed E-state index contributed by atoms with van der Waals surface area (Å²) in [7, 11) is 0. The molecule has 0 spiro atoms. The summed E-state index contributed by atoms with van der Waals surface area (Å²) in [4.78, 5) is 22.6. The molecule has 0 bridgehead atoms. The molecule has 6 nitrogen and oxygen atoms in total. The maximum Gasteiger partial charge on any atom is 0.261 e. The predicted molar refractivity (Wildman–Crippen MR) is 120 cm³/mol. The monoisotopic (exact) mass is 411 g/mol. The molecule has 0 radical (unpaired) electrons. The number of benzene rings is 3. The first-order valence-corrected chi connectivity index (χ1v) is 9.72. The van der Waals surface area contributed by atoms with Gasteiger partial charge in [-0.2, -0.15) is 0 Å². The van der Waals surface area contributed by atoms with Crippen LogP contribution in [0.25, 0.3) is 27.9 Å². The molecule has 7 heteroatoms. The number of rotatable bonds is 3. The lowest BCUT2D eigenvalue weighted by atomic mass is 10.2. The molecule has 1 amide bonds. The van der Waals surface area contributed by atoms with E-state index in [0.717, 1.165) is 5.56 Å². The highest BCUT2D eigenvalue weighted by molar-refractivity contribution is 6.16. The van der Waals surface area contributed by atoms with Crippen molar-refractivity contribution >= 4 is 39.6 Å². The van der Waals surface area contributed by atoms with Gasteiger partial charge in [0.1, 0.15) is 22.7 Å². The highest BCUT2D eigenvalue weighted by Crippen LogP contribution is 2.31. The van der Waals surface area contributed by atoms with Crippen molar-refractivity contribution < 1.29 is 9.18 Å². The summed E-state index contributed by atoms with van der Waals surface area (Å²) in [6.45, 7) is 1.94. The van der Waals surface area contributed by atoms with Crippen molar-refractivity contribution in [2.45, 2.75) is 6.92 Å². The van der Waals surface area contributed by atoms with E-state index in [0.29, 0.717) is 33.6 Å². The van der Waals surface area contributed by atoms with Crippen molar-refractivity contribution in [3.63, 3.8) is 0 Å². The first-order chi connectivity index (χ1) is 15.0. The van der Waals surface area contributed by atoms with Crippen LogP contribution in [0.15, 0.2) is 72.8 Å². The quantitative estimate of drug-likeness (QED) is 0.444. The molecule has 0 saturated carbocycles. The van der Waals surface area contributed by atoms with E-state index in [2.05, 4.69) is 15.3 Å². The second-order valence-electron chi connectivity index (χ2n) is 7.28. The van der Waals surface area contributed by atoms with Crippen LogP contribution in [-0.2, 0) is 0 Å². The molecule has 3 N–H and O–H groups in total. The van der Waals surface area contributed by atoms with Gasteiger partial charge in [0.2, 0.25) is 0 Å². The van der Waals surface area contributed by atoms with Crippen LogP contribution >= 0.6 is 0 Å². The Morgan fingerprint density at radius 3 is 2.45 bits per heavy atom. The van der Waals surface area contributed by atoms with E-state index in [1.807, 2.05) is 49.4 Å². The number of aromatic nitrogens is 3. The molecule has 0 fully saturated rings. The summed E-state index contributed by atoms with van der Waals surface area (Å²) >= 11 is 0. The van der Waals surface area contributed by atoms with Crippen molar-refractivity contribution in [1.82, 2.24) is 14.5 Å². The molecule has 0 aliphatic carbocycles. The normalized spacial score (nSPS) is 11.2. The average Bonchev–Trinajstić information content (AvgIpc) is 3.02. The van der Waals surface area contributed by atoms with Crippen LogP contribution in [0.3, 0.4) is 0 Å². The molecular formula is C24H18FN5O. The van der Waals surface area contributed by atoms with Crippen molar-refractivity contribution in [1.29, 1.82) is 0 Å². The van der Waals surface area contributed by atoms with Gasteiger partial charge in [-0.1, -0.05) is 30.3 Å². The summed E-state index contributed by atoms with van der Waals surface area (Å²) in [6.07, 6.45) is 0. The zero-order valence-corrected chi connectivity index (χ0v) is 16.6. The number of anilines is 2. The number of para-hydroxylation sites is 2. The molecule has 0 saturated heterocycles. The maximum absolute atomic E-state index is 14.0. The Hall–Kier alpha value is -4.26.